The van der Waals surface area contributed by atoms with Crippen LogP contribution in [0.3, 0.4) is 0 Å². The van der Waals surface area contributed by atoms with Gasteiger partial charge in [0.25, 0.3) is 0 Å². The first-order valence-corrected chi connectivity index (χ1v) is 12.1. The second kappa shape index (κ2) is 7.22. The Morgan fingerprint density at radius 2 is 1.96 bits per heavy atom. The van der Waals surface area contributed by atoms with Crippen LogP contribution < -0.4 is 4.90 Å². The molecule has 0 bridgehead atoms. The third-order valence-electron chi connectivity index (χ3n) is 4.79. The number of fused-ring (bicyclic) bond motifs is 1. The summed E-state index contributed by atoms with van der Waals surface area (Å²) in [6.07, 6.45) is 0. The summed E-state index contributed by atoms with van der Waals surface area (Å²) in [6.45, 7) is 2.01. The van der Waals surface area contributed by atoms with Crippen molar-refractivity contribution in [3.05, 3.63) is 63.9 Å². The van der Waals surface area contributed by atoms with Crippen LogP contribution in [0.15, 0.2) is 51.9 Å². The first kappa shape index (κ1) is 19.0. The standard InChI is InChI=1S/C19H18BrFN2O2S2/c1-12-2-6-15(7-3-12)23-18-11-27(24,25)10-17(18)22-19(23)26-9-13-4-5-14(20)8-16(13)21/h2-8,17-18H,9-11H2,1H3. The van der Waals surface area contributed by atoms with Gasteiger partial charge in [0.05, 0.1) is 23.6 Å². The third-order valence-corrected chi connectivity index (χ3v) is 8.00. The summed E-state index contributed by atoms with van der Waals surface area (Å²) in [7, 11) is -3.08. The largest absolute Gasteiger partial charge is 0.315 e. The quantitative estimate of drug-likeness (QED) is 0.677. The normalized spacial score (nSPS) is 23.4. The van der Waals surface area contributed by atoms with Gasteiger partial charge < -0.3 is 4.90 Å². The molecule has 8 heteroatoms. The van der Waals surface area contributed by atoms with Gasteiger partial charge in [0.15, 0.2) is 15.0 Å². The van der Waals surface area contributed by atoms with Crippen LogP contribution in [0.1, 0.15) is 11.1 Å². The van der Waals surface area contributed by atoms with Crippen LogP contribution in [0.5, 0.6) is 0 Å². The molecule has 2 aromatic carbocycles. The van der Waals surface area contributed by atoms with E-state index in [2.05, 4.69) is 20.9 Å². The van der Waals surface area contributed by atoms with Crippen molar-refractivity contribution in [2.45, 2.75) is 24.8 Å². The Morgan fingerprint density at radius 1 is 1.22 bits per heavy atom. The lowest BCUT2D eigenvalue weighted by Gasteiger charge is -2.26. The number of anilines is 1. The first-order chi connectivity index (χ1) is 12.8. The van der Waals surface area contributed by atoms with Gasteiger partial charge in [-0.25, -0.2) is 12.8 Å². The molecule has 4 nitrogen and oxygen atoms in total. The molecule has 2 aliphatic rings. The number of nitrogens with zero attached hydrogens (tertiary/aromatic N) is 2. The lowest BCUT2D eigenvalue weighted by atomic mass is 10.1. The van der Waals surface area contributed by atoms with E-state index in [1.165, 1.54) is 17.8 Å². The minimum absolute atomic E-state index is 0.0801. The van der Waals surface area contributed by atoms with Crippen LogP contribution in [-0.4, -0.2) is 37.2 Å². The Kier molecular flexibility index (Phi) is 5.07. The van der Waals surface area contributed by atoms with E-state index >= 15 is 0 Å². The van der Waals surface area contributed by atoms with Gasteiger partial charge >= 0.3 is 0 Å². The summed E-state index contributed by atoms with van der Waals surface area (Å²) in [5.74, 6) is 0.356. The summed E-state index contributed by atoms with van der Waals surface area (Å²) in [4.78, 5) is 6.69. The maximum absolute atomic E-state index is 14.1. The third kappa shape index (κ3) is 3.93. The van der Waals surface area contributed by atoms with Crippen LogP contribution in [0.2, 0.25) is 0 Å². The van der Waals surface area contributed by atoms with E-state index in [4.69, 9.17) is 0 Å². The summed E-state index contributed by atoms with van der Waals surface area (Å²) >= 11 is 4.71. The summed E-state index contributed by atoms with van der Waals surface area (Å²) in [5, 5.41) is 0.756. The van der Waals surface area contributed by atoms with E-state index in [1.54, 1.807) is 6.07 Å². The zero-order valence-corrected chi connectivity index (χ0v) is 17.8. The highest BCUT2D eigenvalue weighted by atomic mass is 79.9. The molecule has 0 saturated carbocycles. The molecule has 27 heavy (non-hydrogen) atoms. The molecule has 1 fully saturated rings. The maximum atomic E-state index is 14.1. The fraction of sp³-hybridized carbons (Fsp3) is 0.316. The van der Waals surface area contributed by atoms with Crippen molar-refractivity contribution in [2.75, 3.05) is 16.4 Å². The first-order valence-electron chi connectivity index (χ1n) is 8.53. The van der Waals surface area contributed by atoms with Crippen molar-refractivity contribution in [3.8, 4) is 0 Å². The van der Waals surface area contributed by atoms with Gasteiger partial charge in [-0.3, -0.25) is 4.99 Å². The minimum Gasteiger partial charge on any atom is -0.315 e. The number of hydrogen-bond donors (Lipinski definition) is 0. The van der Waals surface area contributed by atoms with E-state index in [9.17, 15) is 12.8 Å². The average Bonchev–Trinajstić information content (AvgIpc) is 3.06. The van der Waals surface area contributed by atoms with Gasteiger partial charge in [-0.2, -0.15) is 0 Å². The van der Waals surface area contributed by atoms with Crippen LogP contribution in [-0.2, 0) is 15.6 Å². The zero-order chi connectivity index (χ0) is 19.2. The summed E-state index contributed by atoms with van der Waals surface area (Å²) in [5.41, 5.74) is 2.66. The molecular weight excluding hydrogens is 451 g/mol. The number of aryl methyl sites for hydroxylation is 1. The summed E-state index contributed by atoms with van der Waals surface area (Å²) in [6, 6.07) is 12.6. The molecule has 0 radical (unpaired) electrons. The monoisotopic (exact) mass is 468 g/mol. The second-order valence-electron chi connectivity index (χ2n) is 6.85. The molecule has 2 unspecified atom stereocenters. The van der Waals surface area contributed by atoms with Crippen LogP contribution in [0, 0.1) is 12.7 Å². The molecule has 0 aromatic heterocycles. The van der Waals surface area contributed by atoms with Gasteiger partial charge in [-0.05, 0) is 36.8 Å². The Hall–Kier alpha value is -1.38. The molecule has 0 N–H and O–H groups in total. The van der Waals surface area contributed by atoms with Crippen molar-refractivity contribution in [1.29, 1.82) is 0 Å². The molecule has 0 spiro atoms. The van der Waals surface area contributed by atoms with Gasteiger partial charge in [0.1, 0.15) is 5.82 Å². The highest BCUT2D eigenvalue weighted by Gasteiger charge is 2.47. The number of sulfone groups is 1. The van der Waals surface area contributed by atoms with Crippen molar-refractivity contribution in [3.63, 3.8) is 0 Å². The highest BCUT2D eigenvalue weighted by molar-refractivity contribution is 9.10. The molecule has 0 amide bonds. The SMILES string of the molecule is Cc1ccc(N2C(SCc3ccc(Br)cc3F)=NC3CS(=O)(=O)CC32)cc1. The van der Waals surface area contributed by atoms with Crippen LogP contribution in [0.4, 0.5) is 10.1 Å². The van der Waals surface area contributed by atoms with Crippen molar-refractivity contribution < 1.29 is 12.8 Å². The Labute approximate surface area is 170 Å². The number of thioether (sulfide) groups is 1. The Morgan fingerprint density at radius 3 is 2.67 bits per heavy atom. The van der Waals surface area contributed by atoms with Gasteiger partial charge in [0.2, 0.25) is 0 Å². The smallest absolute Gasteiger partial charge is 0.164 e. The number of amidine groups is 1. The Balaban J connectivity index is 1.61. The number of rotatable bonds is 3. The van der Waals surface area contributed by atoms with Crippen molar-refractivity contribution in [2.24, 2.45) is 4.99 Å². The molecule has 4 rings (SSSR count). The van der Waals surface area contributed by atoms with E-state index in [0.717, 1.165) is 16.4 Å². The molecule has 1 saturated heterocycles. The predicted molar refractivity (Wildman–Crippen MR) is 113 cm³/mol. The minimum atomic E-state index is -3.08. The summed E-state index contributed by atoms with van der Waals surface area (Å²) < 4.78 is 39.0. The van der Waals surface area contributed by atoms with Gasteiger partial charge in [-0.15, -0.1) is 0 Å². The highest BCUT2D eigenvalue weighted by Crippen LogP contribution is 2.36. The molecule has 2 aliphatic heterocycles. The van der Waals surface area contributed by atoms with Gasteiger partial charge in [0, 0.05) is 15.9 Å². The van der Waals surface area contributed by atoms with E-state index in [1.807, 2.05) is 42.2 Å². The Bertz CT molecular complexity index is 1010. The average molecular weight is 469 g/mol. The van der Waals surface area contributed by atoms with Crippen molar-refractivity contribution in [1.82, 2.24) is 0 Å². The number of halogens is 2. The molecule has 2 aromatic rings. The number of benzene rings is 2. The van der Waals surface area contributed by atoms with Crippen LogP contribution in [0.25, 0.3) is 0 Å². The number of hydrogen-bond acceptors (Lipinski definition) is 5. The molecule has 2 atom stereocenters. The van der Waals surface area contributed by atoms with E-state index < -0.39 is 9.84 Å². The zero-order valence-electron chi connectivity index (χ0n) is 14.6. The lowest BCUT2D eigenvalue weighted by Crippen LogP contribution is -2.39. The molecular formula is C19H18BrFN2O2S2. The van der Waals surface area contributed by atoms with E-state index in [-0.39, 0.29) is 29.4 Å². The van der Waals surface area contributed by atoms with Crippen LogP contribution >= 0.6 is 27.7 Å². The fourth-order valence-corrected chi connectivity index (χ4v) is 6.71. The van der Waals surface area contributed by atoms with E-state index in [0.29, 0.717) is 15.8 Å². The maximum Gasteiger partial charge on any atom is 0.164 e. The molecule has 2 heterocycles. The van der Waals surface area contributed by atoms with Crippen molar-refractivity contribution >= 4 is 48.4 Å². The molecule has 0 aliphatic carbocycles. The fourth-order valence-electron chi connectivity index (χ4n) is 3.42. The second-order valence-corrected chi connectivity index (χ2v) is 10.9. The van der Waals surface area contributed by atoms with Gasteiger partial charge in [-0.1, -0.05) is 51.5 Å². The predicted octanol–water partition coefficient (Wildman–Crippen LogP) is 4.17. The topological polar surface area (TPSA) is 49.7 Å². The number of aliphatic imine (C=N–C) groups is 1. The molecule has 142 valence electrons. The lowest BCUT2D eigenvalue weighted by molar-refractivity contribution is 0.601.